The van der Waals surface area contributed by atoms with Gasteiger partial charge in [-0.1, -0.05) is 13.3 Å². The Morgan fingerprint density at radius 2 is 2.22 bits per heavy atom. The number of hydrogen-bond acceptors (Lipinski definition) is 2. The smallest absolute Gasteiger partial charge is 0.141 e. The zero-order valence-electron chi connectivity index (χ0n) is 11.4. The van der Waals surface area contributed by atoms with Gasteiger partial charge in [-0.25, -0.2) is 0 Å². The van der Waals surface area contributed by atoms with Crippen LogP contribution in [0.2, 0.25) is 0 Å². The first-order valence-corrected chi connectivity index (χ1v) is 7.52. The number of carbonyl (C=O) groups is 1. The van der Waals surface area contributed by atoms with Gasteiger partial charge in [0, 0.05) is 19.4 Å². The zero-order chi connectivity index (χ0) is 13.3. The van der Waals surface area contributed by atoms with Crippen molar-refractivity contribution < 1.29 is 4.79 Å². The van der Waals surface area contributed by atoms with E-state index in [-0.39, 0.29) is 5.92 Å². The third-order valence-electron chi connectivity index (χ3n) is 4.18. The predicted molar refractivity (Wildman–Crippen MR) is 75.5 cm³/mol. The molecule has 2 atom stereocenters. The maximum Gasteiger partial charge on any atom is 0.141 e. The summed E-state index contributed by atoms with van der Waals surface area (Å²) in [5, 5.41) is 4.34. The van der Waals surface area contributed by atoms with Gasteiger partial charge >= 0.3 is 0 Å². The summed E-state index contributed by atoms with van der Waals surface area (Å²) in [6, 6.07) is 0. The van der Waals surface area contributed by atoms with Crippen LogP contribution in [0.15, 0.2) is 4.47 Å². The first kappa shape index (κ1) is 13.8. The molecule has 3 nitrogen and oxygen atoms in total. The molecule has 1 fully saturated rings. The molecule has 1 saturated carbocycles. The summed E-state index contributed by atoms with van der Waals surface area (Å²) in [5.41, 5.74) is 1.97. The maximum atomic E-state index is 12.3. The van der Waals surface area contributed by atoms with Gasteiger partial charge in [0.05, 0.1) is 15.9 Å². The van der Waals surface area contributed by atoms with Gasteiger partial charge in [0.2, 0.25) is 0 Å². The highest BCUT2D eigenvalue weighted by atomic mass is 79.9. The first-order valence-electron chi connectivity index (χ1n) is 6.73. The molecule has 0 bridgehead atoms. The van der Waals surface area contributed by atoms with Gasteiger partial charge in [0.15, 0.2) is 0 Å². The van der Waals surface area contributed by atoms with E-state index in [1.807, 2.05) is 18.7 Å². The van der Waals surface area contributed by atoms with Crippen molar-refractivity contribution >= 4 is 21.7 Å². The van der Waals surface area contributed by atoms with Crippen LogP contribution in [0.1, 0.15) is 44.0 Å². The summed E-state index contributed by atoms with van der Waals surface area (Å²) >= 11 is 3.53. The van der Waals surface area contributed by atoms with Crippen LogP contribution in [0.3, 0.4) is 0 Å². The third kappa shape index (κ3) is 2.68. The van der Waals surface area contributed by atoms with Gasteiger partial charge in [-0.2, -0.15) is 5.10 Å². The Morgan fingerprint density at radius 1 is 1.50 bits per heavy atom. The second-order valence-corrected chi connectivity index (χ2v) is 6.19. The van der Waals surface area contributed by atoms with Crippen molar-refractivity contribution in [3.05, 3.63) is 15.9 Å². The summed E-state index contributed by atoms with van der Waals surface area (Å²) in [6.07, 6.45) is 5.10. The van der Waals surface area contributed by atoms with Gasteiger partial charge < -0.3 is 0 Å². The highest BCUT2D eigenvalue weighted by Crippen LogP contribution is 2.34. The van der Waals surface area contributed by atoms with Crippen LogP contribution in [-0.4, -0.2) is 15.6 Å². The van der Waals surface area contributed by atoms with Crippen LogP contribution >= 0.6 is 15.9 Å². The Kier molecular flexibility index (Phi) is 4.25. The molecule has 1 aromatic heterocycles. The Hall–Kier alpha value is -0.640. The van der Waals surface area contributed by atoms with Crippen molar-refractivity contribution in [1.29, 1.82) is 0 Å². The van der Waals surface area contributed by atoms with Gasteiger partial charge in [-0.15, -0.1) is 0 Å². The van der Waals surface area contributed by atoms with E-state index in [2.05, 4.69) is 28.0 Å². The van der Waals surface area contributed by atoms with E-state index < -0.39 is 0 Å². The van der Waals surface area contributed by atoms with E-state index in [1.165, 1.54) is 12.8 Å². The van der Waals surface area contributed by atoms with Crippen molar-refractivity contribution in [2.75, 3.05) is 0 Å². The fourth-order valence-electron chi connectivity index (χ4n) is 2.92. The maximum absolute atomic E-state index is 12.3. The highest BCUT2D eigenvalue weighted by molar-refractivity contribution is 9.10. The quantitative estimate of drug-likeness (QED) is 0.853. The summed E-state index contributed by atoms with van der Waals surface area (Å²) in [7, 11) is 1.91. The average molecular weight is 313 g/mol. The van der Waals surface area contributed by atoms with Gasteiger partial charge in [-0.3, -0.25) is 9.48 Å². The molecule has 1 aromatic rings. The standard InChI is InChI=1S/C14H21BrN2O/c1-4-10-5-6-11(7-10)13(18)8-12-14(15)9(2)16-17(12)3/h10-11H,4-8H2,1-3H3. The molecule has 2 rings (SSSR count). The molecule has 2 unspecified atom stereocenters. The van der Waals surface area contributed by atoms with Crippen molar-refractivity contribution in [3.8, 4) is 0 Å². The van der Waals surface area contributed by atoms with Crippen molar-refractivity contribution in [2.45, 2.75) is 46.0 Å². The molecule has 0 spiro atoms. The van der Waals surface area contributed by atoms with E-state index in [9.17, 15) is 4.79 Å². The van der Waals surface area contributed by atoms with E-state index in [4.69, 9.17) is 0 Å². The van der Waals surface area contributed by atoms with Crippen molar-refractivity contribution in [2.24, 2.45) is 18.9 Å². The number of Topliss-reactive ketones (excluding diaryl/α,β-unsaturated/α-hetero) is 1. The molecule has 0 radical (unpaired) electrons. The summed E-state index contributed by atoms with van der Waals surface area (Å²) in [5.74, 6) is 1.42. The minimum absolute atomic E-state index is 0.275. The van der Waals surface area contributed by atoms with Crippen molar-refractivity contribution in [1.82, 2.24) is 9.78 Å². The zero-order valence-corrected chi connectivity index (χ0v) is 13.0. The van der Waals surface area contributed by atoms with Gasteiger partial charge in [-0.05, 0) is 48.0 Å². The SMILES string of the molecule is CCC1CCC(C(=O)Cc2c(Br)c(C)nn2C)C1. The topological polar surface area (TPSA) is 34.9 Å². The van der Waals surface area contributed by atoms with Gasteiger partial charge in [0.1, 0.15) is 5.78 Å². The van der Waals surface area contributed by atoms with Crippen LogP contribution in [0.5, 0.6) is 0 Å². The van der Waals surface area contributed by atoms with E-state index in [0.717, 1.165) is 34.6 Å². The second kappa shape index (κ2) is 5.55. The second-order valence-electron chi connectivity index (χ2n) is 5.40. The summed E-state index contributed by atoms with van der Waals surface area (Å²) < 4.78 is 2.81. The molecule has 0 N–H and O–H groups in total. The number of nitrogens with zero attached hydrogens (tertiary/aromatic N) is 2. The Balaban J connectivity index is 2.03. The minimum atomic E-state index is 0.275. The molecular weight excluding hydrogens is 292 g/mol. The Labute approximate surface area is 117 Å². The lowest BCUT2D eigenvalue weighted by molar-refractivity contribution is -0.122. The number of hydrogen-bond donors (Lipinski definition) is 0. The highest BCUT2D eigenvalue weighted by Gasteiger charge is 2.29. The Bertz CT molecular complexity index is 453. The molecule has 1 aliphatic rings. The minimum Gasteiger partial charge on any atom is -0.299 e. The summed E-state index contributed by atoms with van der Waals surface area (Å²) in [6.45, 7) is 4.18. The van der Waals surface area contributed by atoms with Crippen LogP contribution < -0.4 is 0 Å². The number of rotatable bonds is 4. The lowest BCUT2D eigenvalue weighted by atomic mass is 9.96. The summed E-state index contributed by atoms with van der Waals surface area (Å²) in [4.78, 5) is 12.3. The molecule has 1 aliphatic carbocycles. The normalized spacial score (nSPS) is 23.6. The number of aryl methyl sites for hydroxylation is 2. The van der Waals surface area contributed by atoms with E-state index in [1.54, 1.807) is 0 Å². The third-order valence-corrected chi connectivity index (χ3v) is 5.21. The molecule has 0 aromatic carbocycles. The molecule has 0 amide bonds. The van der Waals surface area contributed by atoms with Crippen LogP contribution in [0, 0.1) is 18.8 Å². The molecule has 0 saturated heterocycles. The lowest BCUT2D eigenvalue weighted by Crippen LogP contribution is -2.16. The molecule has 100 valence electrons. The van der Waals surface area contributed by atoms with Gasteiger partial charge in [0.25, 0.3) is 0 Å². The monoisotopic (exact) mass is 312 g/mol. The van der Waals surface area contributed by atoms with Crippen LogP contribution in [0.4, 0.5) is 0 Å². The molecule has 1 heterocycles. The van der Waals surface area contributed by atoms with Crippen LogP contribution in [0.25, 0.3) is 0 Å². The number of aromatic nitrogens is 2. The number of carbonyl (C=O) groups excluding carboxylic acids is 1. The number of ketones is 1. The molecular formula is C14H21BrN2O. The average Bonchev–Trinajstić information content (AvgIpc) is 2.90. The van der Waals surface area contributed by atoms with Crippen LogP contribution in [-0.2, 0) is 18.3 Å². The lowest BCUT2D eigenvalue weighted by Gasteiger charge is -2.09. The molecule has 18 heavy (non-hydrogen) atoms. The number of halogens is 1. The van der Waals surface area contributed by atoms with Crippen molar-refractivity contribution in [3.63, 3.8) is 0 Å². The van der Waals surface area contributed by atoms with E-state index in [0.29, 0.717) is 12.2 Å². The predicted octanol–water partition coefficient (Wildman–Crippen LogP) is 3.43. The molecule has 0 aliphatic heterocycles. The van der Waals surface area contributed by atoms with E-state index >= 15 is 0 Å². The fraction of sp³-hybridized carbons (Fsp3) is 0.714. The molecule has 4 heteroatoms. The Morgan fingerprint density at radius 3 is 2.72 bits per heavy atom. The largest absolute Gasteiger partial charge is 0.299 e. The fourth-order valence-corrected chi connectivity index (χ4v) is 3.40. The first-order chi connectivity index (χ1) is 8.52.